The Labute approximate surface area is 136 Å². The Balaban J connectivity index is 1.78. The van der Waals surface area contributed by atoms with Crippen molar-refractivity contribution in [3.8, 4) is 6.07 Å². The molecule has 24 heavy (non-hydrogen) atoms. The molecule has 0 spiro atoms. The van der Waals surface area contributed by atoms with E-state index < -0.39 is 5.56 Å². The number of benzene rings is 1. The van der Waals surface area contributed by atoms with E-state index in [1.165, 1.54) is 16.7 Å². The van der Waals surface area contributed by atoms with Gasteiger partial charge in [-0.2, -0.15) is 10.2 Å². The van der Waals surface area contributed by atoms with Crippen molar-refractivity contribution in [3.63, 3.8) is 0 Å². The molecule has 0 N–H and O–H groups in total. The molecule has 6 nitrogen and oxygen atoms in total. The van der Waals surface area contributed by atoms with Crippen LogP contribution in [0.1, 0.15) is 28.4 Å². The number of aryl methyl sites for hydroxylation is 1. The molecular weight excluding hydrogens is 311 g/mol. The molecule has 0 saturated heterocycles. The highest BCUT2D eigenvalue weighted by molar-refractivity contribution is 5.34. The van der Waals surface area contributed by atoms with Crippen LogP contribution in [-0.4, -0.2) is 14.7 Å². The monoisotopic (exact) mass is 324 g/mol. The number of nitriles is 1. The average molecular weight is 324 g/mol. The Hall–Kier alpha value is -3.27. The predicted molar refractivity (Wildman–Crippen MR) is 82.8 cm³/mol. The summed E-state index contributed by atoms with van der Waals surface area (Å²) in [6, 6.07) is 9.62. The number of hydrogen-bond acceptors (Lipinski definition) is 5. The van der Waals surface area contributed by atoms with Gasteiger partial charge in [-0.1, -0.05) is 17.3 Å². The molecule has 1 aromatic carbocycles. The third-order valence-electron chi connectivity index (χ3n) is 3.58. The number of pyridine rings is 1. The van der Waals surface area contributed by atoms with Crippen molar-refractivity contribution in [2.75, 3.05) is 0 Å². The first-order chi connectivity index (χ1) is 11.6. The van der Waals surface area contributed by atoms with Crippen molar-refractivity contribution < 1.29 is 8.91 Å². The highest BCUT2D eigenvalue weighted by Crippen LogP contribution is 2.09. The molecule has 2 heterocycles. The van der Waals surface area contributed by atoms with Gasteiger partial charge in [0.25, 0.3) is 5.56 Å². The summed E-state index contributed by atoms with van der Waals surface area (Å²) < 4.78 is 19.4. The van der Waals surface area contributed by atoms with Crippen LogP contribution in [0.2, 0.25) is 0 Å². The second-order valence-corrected chi connectivity index (χ2v) is 5.33. The van der Waals surface area contributed by atoms with Crippen molar-refractivity contribution in [3.05, 3.63) is 81.1 Å². The second kappa shape index (κ2) is 6.46. The van der Waals surface area contributed by atoms with Gasteiger partial charge in [0, 0.05) is 12.6 Å². The van der Waals surface area contributed by atoms with Crippen LogP contribution in [0.15, 0.2) is 45.8 Å². The zero-order chi connectivity index (χ0) is 17.1. The van der Waals surface area contributed by atoms with E-state index in [1.807, 2.05) is 6.07 Å². The average Bonchev–Trinajstić information content (AvgIpc) is 3.00. The van der Waals surface area contributed by atoms with Gasteiger partial charge in [0.2, 0.25) is 5.89 Å². The summed E-state index contributed by atoms with van der Waals surface area (Å²) in [6.07, 6.45) is 1.98. The zero-order valence-corrected chi connectivity index (χ0v) is 12.9. The molecule has 3 aromatic rings. The first kappa shape index (κ1) is 15.6. The van der Waals surface area contributed by atoms with Crippen molar-refractivity contribution in [1.82, 2.24) is 14.7 Å². The summed E-state index contributed by atoms with van der Waals surface area (Å²) >= 11 is 0. The summed E-state index contributed by atoms with van der Waals surface area (Å²) in [5, 5.41) is 12.9. The SMILES string of the molecule is Cc1ccn(Cc2nc(Cc3ccc(F)cc3)no2)c(=O)c1C#N. The van der Waals surface area contributed by atoms with Crippen LogP contribution < -0.4 is 5.56 Å². The Morgan fingerprint density at radius 2 is 2.04 bits per heavy atom. The van der Waals surface area contributed by atoms with Crippen molar-refractivity contribution in [1.29, 1.82) is 5.26 Å². The lowest BCUT2D eigenvalue weighted by Crippen LogP contribution is -2.23. The largest absolute Gasteiger partial charge is 0.337 e. The molecule has 3 rings (SSSR count). The molecule has 0 bridgehead atoms. The number of rotatable bonds is 4. The van der Waals surface area contributed by atoms with E-state index in [2.05, 4.69) is 10.1 Å². The minimum Gasteiger partial charge on any atom is -0.337 e. The van der Waals surface area contributed by atoms with Gasteiger partial charge >= 0.3 is 0 Å². The molecule has 0 fully saturated rings. The summed E-state index contributed by atoms with van der Waals surface area (Å²) in [6.45, 7) is 1.79. The minimum atomic E-state index is -0.393. The Morgan fingerprint density at radius 3 is 2.75 bits per heavy atom. The second-order valence-electron chi connectivity index (χ2n) is 5.33. The quantitative estimate of drug-likeness (QED) is 0.734. The van der Waals surface area contributed by atoms with E-state index in [9.17, 15) is 9.18 Å². The Kier molecular flexibility index (Phi) is 4.20. The molecule has 2 aromatic heterocycles. The molecule has 0 aliphatic rings. The fourth-order valence-corrected chi connectivity index (χ4v) is 2.28. The maximum atomic E-state index is 12.9. The van der Waals surface area contributed by atoms with Gasteiger partial charge in [0.1, 0.15) is 24.0 Å². The molecule has 0 aliphatic carbocycles. The van der Waals surface area contributed by atoms with Crippen LogP contribution in [0.3, 0.4) is 0 Å². The van der Waals surface area contributed by atoms with Gasteiger partial charge in [-0.3, -0.25) is 4.79 Å². The summed E-state index contributed by atoms with van der Waals surface area (Å²) in [5.41, 5.74) is 1.18. The van der Waals surface area contributed by atoms with E-state index in [1.54, 1.807) is 31.3 Å². The standard InChI is InChI=1S/C17H13FN4O2/c1-11-6-7-22(17(23)14(11)9-19)10-16-20-15(21-24-16)8-12-2-4-13(18)5-3-12/h2-7H,8,10H2,1H3. The lowest BCUT2D eigenvalue weighted by molar-refractivity contribution is 0.365. The van der Waals surface area contributed by atoms with Gasteiger partial charge in [0.05, 0.1) is 0 Å². The Morgan fingerprint density at radius 1 is 1.29 bits per heavy atom. The minimum absolute atomic E-state index is 0.0875. The van der Waals surface area contributed by atoms with Crippen molar-refractivity contribution in [2.24, 2.45) is 0 Å². The molecule has 7 heteroatoms. The first-order valence-electron chi connectivity index (χ1n) is 7.23. The molecule has 120 valence electrons. The molecule has 0 saturated carbocycles. The van der Waals surface area contributed by atoms with E-state index in [0.29, 0.717) is 17.8 Å². The molecule has 0 aliphatic heterocycles. The normalized spacial score (nSPS) is 10.5. The lowest BCUT2D eigenvalue weighted by Gasteiger charge is -2.03. The zero-order valence-electron chi connectivity index (χ0n) is 12.9. The third-order valence-corrected chi connectivity index (χ3v) is 3.58. The third kappa shape index (κ3) is 3.22. The number of hydrogen-bond donors (Lipinski definition) is 0. The summed E-state index contributed by atoms with van der Waals surface area (Å²) in [5.74, 6) is 0.402. The van der Waals surface area contributed by atoms with Crippen molar-refractivity contribution in [2.45, 2.75) is 19.9 Å². The van der Waals surface area contributed by atoms with E-state index in [-0.39, 0.29) is 23.8 Å². The van der Waals surface area contributed by atoms with Crippen LogP contribution in [0, 0.1) is 24.1 Å². The van der Waals surface area contributed by atoms with Crippen LogP contribution in [0.5, 0.6) is 0 Å². The summed E-state index contributed by atoms with van der Waals surface area (Å²) in [4.78, 5) is 16.4. The molecule has 0 unspecified atom stereocenters. The fraction of sp³-hybridized carbons (Fsp3) is 0.176. The lowest BCUT2D eigenvalue weighted by atomic mass is 10.1. The highest BCUT2D eigenvalue weighted by atomic mass is 19.1. The van der Waals surface area contributed by atoms with Crippen LogP contribution in [-0.2, 0) is 13.0 Å². The first-order valence-corrected chi connectivity index (χ1v) is 7.23. The Bertz CT molecular complexity index is 967. The van der Waals surface area contributed by atoms with Gasteiger partial charge in [-0.25, -0.2) is 4.39 Å². The van der Waals surface area contributed by atoms with Crippen LogP contribution in [0.4, 0.5) is 4.39 Å². The van der Waals surface area contributed by atoms with E-state index in [0.717, 1.165) is 5.56 Å². The van der Waals surface area contributed by atoms with Gasteiger partial charge in [-0.05, 0) is 36.2 Å². The molecule has 0 radical (unpaired) electrons. The van der Waals surface area contributed by atoms with Gasteiger partial charge < -0.3 is 9.09 Å². The topological polar surface area (TPSA) is 84.7 Å². The molecule has 0 atom stereocenters. The smallest absolute Gasteiger partial charge is 0.269 e. The molecular formula is C17H13FN4O2. The van der Waals surface area contributed by atoms with Crippen molar-refractivity contribution >= 4 is 0 Å². The maximum absolute atomic E-state index is 12.9. The van der Waals surface area contributed by atoms with Crippen LogP contribution >= 0.6 is 0 Å². The van der Waals surface area contributed by atoms with E-state index in [4.69, 9.17) is 9.78 Å². The number of nitrogens with zero attached hydrogens (tertiary/aromatic N) is 4. The predicted octanol–water partition coefficient (Wildman–Crippen LogP) is 2.19. The van der Waals surface area contributed by atoms with Crippen LogP contribution in [0.25, 0.3) is 0 Å². The molecule has 0 amide bonds. The van der Waals surface area contributed by atoms with Gasteiger partial charge in [-0.15, -0.1) is 0 Å². The number of aromatic nitrogens is 3. The van der Waals surface area contributed by atoms with E-state index >= 15 is 0 Å². The summed E-state index contributed by atoms with van der Waals surface area (Å²) in [7, 11) is 0. The fourth-order valence-electron chi connectivity index (χ4n) is 2.28. The maximum Gasteiger partial charge on any atom is 0.269 e. The highest BCUT2D eigenvalue weighted by Gasteiger charge is 2.11. The van der Waals surface area contributed by atoms with Gasteiger partial charge in [0.15, 0.2) is 5.82 Å². The number of halogens is 1.